The minimum Gasteiger partial charge on any atom is -0.462 e. The Labute approximate surface area is 83.2 Å². The second-order valence-electron chi connectivity index (χ2n) is 5.02. The van der Waals surface area contributed by atoms with E-state index in [1.165, 1.54) is 0 Å². The van der Waals surface area contributed by atoms with E-state index in [1.807, 2.05) is 0 Å². The predicted molar refractivity (Wildman–Crippen MR) is 48.8 cm³/mol. The van der Waals surface area contributed by atoms with Crippen LogP contribution in [0.3, 0.4) is 0 Å². The zero-order valence-corrected chi connectivity index (χ0v) is 8.58. The number of morpholine rings is 1. The van der Waals surface area contributed by atoms with E-state index in [0.717, 1.165) is 6.42 Å². The first-order valence-corrected chi connectivity index (χ1v) is 5.13. The first-order chi connectivity index (χ1) is 6.59. The van der Waals surface area contributed by atoms with Crippen molar-refractivity contribution in [1.29, 1.82) is 0 Å². The zero-order chi connectivity index (χ0) is 9.97. The molecule has 3 saturated heterocycles. The summed E-state index contributed by atoms with van der Waals surface area (Å²) < 4.78 is 10.7. The minimum absolute atomic E-state index is 0.0216. The molecule has 0 aliphatic carbocycles. The predicted octanol–water partition coefficient (Wildman–Crippen LogP) is 0.165. The molecule has 0 amide bonds. The molecule has 2 unspecified atom stereocenters. The average Bonchev–Trinajstić information content (AvgIpc) is 2.84. The number of hydrogen-bond donors (Lipinski definition) is 0. The molecule has 0 aromatic heterocycles. The summed E-state index contributed by atoms with van der Waals surface area (Å²) in [6.07, 6.45) is 0.792. The lowest BCUT2D eigenvalue weighted by molar-refractivity contribution is -0.159. The van der Waals surface area contributed by atoms with E-state index in [1.54, 1.807) is 0 Å². The quantitative estimate of drug-likeness (QED) is 0.410. The fourth-order valence-electron chi connectivity index (χ4n) is 3.05. The van der Waals surface area contributed by atoms with Gasteiger partial charge in [-0.15, -0.1) is 0 Å². The standard InChI is InChI=1S/C10H15NO3/c1-9(2)6-14-8(12)10-3-4-13-5-7(10)11(9)10/h7H,3-6H2,1-2H3/t7?,10-,11?/m0/s1. The maximum atomic E-state index is 11.8. The third-order valence-electron chi connectivity index (χ3n) is 3.69. The monoisotopic (exact) mass is 197 g/mol. The molecular weight excluding hydrogens is 182 g/mol. The number of ether oxygens (including phenoxy) is 2. The lowest BCUT2D eigenvalue weighted by atomic mass is 9.97. The van der Waals surface area contributed by atoms with Crippen molar-refractivity contribution in [2.75, 3.05) is 19.8 Å². The molecule has 0 aromatic carbocycles. The van der Waals surface area contributed by atoms with E-state index in [0.29, 0.717) is 19.8 Å². The Morgan fingerprint density at radius 3 is 3.07 bits per heavy atom. The summed E-state index contributed by atoms with van der Waals surface area (Å²) in [5, 5.41) is 0. The van der Waals surface area contributed by atoms with Crippen LogP contribution in [0.15, 0.2) is 0 Å². The summed E-state index contributed by atoms with van der Waals surface area (Å²) in [6.45, 7) is 6.11. The molecule has 0 bridgehead atoms. The van der Waals surface area contributed by atoms with Gasteiger partial charge in [-0.1, -0.05) is 0 Å². The van der Waals surface area contributed by atoms with Crippen molar-refractivity contribution >= 4 is 5.97 Å². The van der Waals surface area contributed by atoms with Gasteiger partial charge in [0.1, 0.15) is 12.1 Å². The summed E-state index contributed by atoms with van der Waals surface area (Å²) in [7, 11) is 0. The van der Waals surface area contributed by atoms with Gasteiger partial charge in [0, 0.05) is 13.0 Å². The van der Waals surface area contributed by atoms with Gasteiger partial charge < -0.3 is 9.47 Å². The lowest BCUT2D eigenvalue weighted by Gasteiger charge is -2.34. The van der Waals surface area contributed by atoms with Gasteiger partial charge in [0.25, 0.3) is 0 Å². The first kappa shape index (κ1) is 8.68. The topological polar surface area (TPSA) is 38.5 Å². The van der Waals surface area contributed by atoms with Crippen molar-refractivity contribution < 1.29 is 14.3 Å². The van der Waals surface area contributed by atoms with Crippen LogP contribution in [-0.4, -0.2) is 47.8 Å². The molecular formula is C10H15NO3. The maximum absolute atomic E-state index is 11.8. The molecule has 3 aliphatic heterocycles. The number of esters is 1. The molecule has 3 heterocycles. The first-order valence-electron chi connectivity index (χ1n) is 5.13. The van der Waals surface area contributed by atoms with E-state index in [2.05, 4.69) is 18.7 Å². The van der Waals surface area contributed by atoms with Crippen molar-refractivity contribution in [1.82, 2.24) is 4.90 Å². The van der Waals surface area contributed by atoms with E-state index < -0.39 is 0 Å². The molecule has 3 rings (SSSR count). The molecule has 14 heavy (non-hydrogen) atoms. The highest BCUT2D eigenvalue weighted by atomic mass is 16.5. The minimum atomic E-state index is -0.319. The highest BCUT2D eigenvalue weighted by Crippen LogP contribution is 2.54. The van der Waals surface area contributed by atoms with Gasteiger partial charge in [-0.3, -0.25) is 4.90 Å². The molecule has 4 nitrogen and oxygen atoms in total. The van der Waals surface area contributed by atoms with Gasteiger partial charge in [-0.05, 0) is 13.8 Å². The van der Waals surface area contributed by atoms with Crippen LogP contribution >= 0.6 is 0 Å². The van der Waals surface area contributed by atoms with Crippen LogP contribution in [0, 0.1) is 0 Å². The van der Waals surface area contributed by atoms with Crippen molar-refractivity contribution in [2.24, 2.45) is 0 Å². The van der Waals surface area contributed by atoms with Gasteiger partial charge in [0.05, 0.1) is 18.2 Å². The molecule has 0 radical (unpaired) electrons. The fraction of sp³-hybridized carbons (Fsp3) is 0.900. The average molecular weight is 197 g/mol. The number of cyclic esters (lactones) is 1. The number of carbonyl (C=O) groups excluding carboxylic acids is 1. The third-order valence-corrected chi connectivity index (χ3v) is 3.69. The maximum Gasteiger partial charge on any atom is 0.328 e. The number of nitrogens with zero attached hydrogens (tertiary/aromatic N) is 1. The molecule has 78 valence electrons. The molecule has 0 N–H and O–H groups in total. The molecule has 0 saturated carbocycles. The second kappa shape index (κ2) is 2.31. The highest BCUT2D eigenvalue weighted by molar-refractivity contribution is 5.87. The van der Waals surface area contributed by atoms with E-state index in [-0.39, 0.29) is 23.1 Å². The normalized spacial score (nSPS) is 48.9. The highest BCUT2D eigenvalue weighted by Gasteiger charge is 2.75. The Morgan fingerprint density at radius 1 is 1.50 bits per heavy atom. The lowest BCUT2D eigenvalue weighted by Crippen LogP contribution is -2.50. The molecule has 3 atom stereocenters. The van der Waals surface area contributed by atoms with E-state index in [9.17, 15) is 4.79 Å². The van der Waals surface area contributed by atoms with Crippen molar-refractivity contribution in [3.05, 3.63) is 0 Å². The van der Waals surface area contributed by atoms with Gasteiger partial charge in [0.15, 0.2) is 0 Å². The molecule has 0 aromatic rings. The second-order valence-corrected chi connectivity index (χ2v) is 5.02. The molecule has 4 heteroatoms. The smallest absolute Gasteiger partial charge is 0.328 e. The Kier molecular flexibility index (Phi) is 1.43. The molecule has 1 spiro atoms. The van der Waals surface area contributed by atoms with Crippen LogP contribution in [0.4, 0.5) is 0 Å². The van der Waals surface area contributed by atoms with Crippen molar-refractivity contribution in [3.8, 4) is 0 Å². The van der Waals surface area contributed by atoms with Crippen LogP contribution in [0.1, 0.15) is 20.3 Å². The largest absolute Gasteiger partial charge is 0.462 e. The Balaban J connectivity index is 1.98. The Bertz CT molecular complexity index is 302. The van der Waals surface area contributed by atoms with Crippen molar-refractivity contribution in [3.63, 3.8) is 0 Å². The van der Waals surface area contributed by atoms with Crippen LogP contribution in [0.2, 0.25) is 0 Å². The number of hydrogen-bond acceptors (Lipinski definition) is 4. The van der Waals surface area contributed by atoms with Crippen LogP contribution < -0.4 is 0 Å². The molecule has 3 fully saturated rings. The van der Waals surface area contributed by atoms with Gasteiger partial charge in [-0.2, -0.15) is 0 Å². The summed E-state index contributed by atoms with van der Waals surface area (Å²) in [4.78, 5) is 14.0. The van der Waals surface area contributed by atoms with Crippen LogP contribution in [0.5, 0.6) is 0 Å². The fourth-order valence-corrected chi connectivity index (χ4v) is 3.05. The number of fused-ring (bicyclic) bond motifs is 1. The van der Waals surface area contributed by atoms with Gasteiger partial charge in [0.2, 0.25) is 0 Å². The van der Waals surface area contributed by atoms with Gasteiger partial charge >= 0.3 is 5.97 Å². The zero-order valence-electron chi connectivity index (χ0n) is 8.58. The Morgan fingerprint density at radius 2 is 2.29 bits per heavy atom. The van der Waals surface area contributed by atoms with E-state index in [4.69, 9.17) is 9.47 Å². The van der Waals surface area contributed by atoms with E-state index >= 15 is 0 Å². The summed E-state index contributed by atoms with van der Waals surface area (Å²) >= 11 is 0. The SMILES string of the molecule is CC1(C)COC(=O)[C@]23CCOCC2N13. The summed E-state index contributed by atoms with van der Waals surface area (Å²) in [5.74, 6) is -0.0369. The number of carbonyl (C=O) groups is 1. The van der Waals surface area contributed by atoms with Crippen LogP contribution in [-0.2, 0) is 14.3 Å². The molecule has 3 aliphatic rings. The van der Waals surface area contributed by atoms with Crippen LogP contribution in [0.25, 0.3) is 0 Å². The van der Waals surface area contributed by atoms with Crippen molar-refractivity contribution in [2.45, 2.75) is 37.4 Å². The summed E-state index contributed by atoms with van der Waals surface area (Å²) in [5.41, 5.74) is -0.341. The Hall–Kier alpha value is -0.610. The third kappa shape index (κ3) is 0.792. The number of rotatable bonds is 0. The summed E-state index contributed by atoms with van der Waals surface area (Å²) in [6, 6.07) is 0.265. The van der Waals surface area contributed by atoms with Gasteiger partial charge in [-0.25, -0.2) is 4.79 Å².